The molecule has 0 saturated carbocycles. The summed E-state index contributed by atoms with van der Waals surface area (Å²) in [6.45, 7) is 4.73. The Kier molecular flexibility index (Phi) is 6.24. The normalized spacial score (nSPS) is 16.7. The third-order valence-electron chi connectivity index (χ3n) is 6.82. The van der Waals surface area contributed by atoms with Crippen LogP contribution in [0.1, 0.15) is 18.4 Å². The standard InChI is InChI=1S/C28H27N5O3/c29-17-21-15-20(3-6-26(21)36-23-7-11-34-12-8-23)27-24-16-25(32-28(24)31-18-30-27)19-1-4-22(5-2-19)33-9-13-35-14-10-33/h1-6,15-16,18,23H,7-14H2,(H,30,31,32). The van der Waals surface area contributed by atoms with Gasteiger partial charge in [0, 0.05) is 48.3 Å². The molecule has 0 spiro atoms. The summed E-state index contributed by atoms with van der Waals surface area (Å²) < 4.78 is 17.0. The second kappa shape index (κ2) is 9.97. The molecule has 8 heteroatoms. The van der Waals surface area contributed by atoms with E-state index in [0.717, 1.165) is 72.7 Å². The molecule has 0 bridgehead atoms. The number of morpholine rings is 1. The van der Waals surface area contributed by atoms with E-state index < -0.39 is 0 Å². The quantitative estimate of drug-likeness (QED) is 0.446. The van der Waals surface area contributed by atoms with Crippen molar-refractivity contribution in [3.8, 4) is 34.3 Å². The molecule has 0 amide bonds. The summed E-state index contributed by atoms with van der Waals surface area (Å²) in [5, 5.41) is 10.7. The molecule has 2 fully saturated rings. The van der Waals surface area contributed by atoms with Crippen molar-refractivity contribution >= 4 is 16.7 Å². The minimum absolute atomic E-state index is 0.0734. The van der Waals surface area contributed by atoms with E-state index >= 15 is 0 Å². The molecular weight excluding hydrogens is 454 g/mol. The number of nitrogens with one attached hydrogen (secondary N) is 1. The monoisotopic (exact) mass is 481 g/mol. The van der Waals surface area contributed by atoms with Gasteiger partial charge in [-0.05, 0) is 42.0 Å². The lowest BCUT2D eigenvalue weighted by atomic mass is 10.0. The molecule has 0 unspecified atom stereocenters. The van der Waals surface area contributed by atoms with Gasteiger partial charge in [0.2, 0.25) is 0 Å². The van der Waals surface area contributed by atoms with Crippen molar-refractivity contribution in [2.45, 2.75) is 18.9 Å². The van der Waals surface area contributed by atoms with E-state index in [1.807, 2.05) is 18.2 Å². The molecule has 0 atom stereocenters. The van der Waals surface area contributed by atoms with Crippen molar-refractivity contribution in [2.24, 2.45) is 0 Å². The molecule has 182 valence electrons. The summed E-state index contributed by atoms with van der Waals surface area (Å²) in [7, 11) is 0. The Balaban J connectivity index is 1.29. The molecule has 2 aliphatic heterocycles. The van der Waals surface area contributed by atoms with Gasteiger partial charge in [-0.2, -0.15) is 5.26 Å². The van der Waals surface area contributed by atoms with E-state index in [-0.39, 0.29) is 6.10 Å². The number of anilines is 1. The molecule has 2 aromatic heterocycles. The number of hydrogen-bond acceptors (Lipinski definition) is 7. The zero-order chi connectivity index (χ0) is 24.3. The van der Waals surface area contributed by atoms with E-state index in [2.05, 4.69) is 56.3 Å². The molecule has 2 aliphatic rings. The number of benzene rings is 2. The lowest BCUT2D eigenvalue weighted by Gasteiger charge is -2.28. The van der Waals surface area contributed by atoms with Gasteiger partial charge in [-0.3, -0.25) is 0 Å². The van der Waals surface area contributed by atoms with E-state index in [0.29, 0.717) is 24.5 Å². The van der Waals surface area contributed by atoms with E-state index in [1.165, 1.54) is 5.69 Å². The number of aromatic nitrogens is 3. The van der Waals surface area contributed by atoms with Gasteiger partial charge in [0.25, 0.3) is 0 Å². The van der Waals surface area contributed by atoms with Crippen LogP contribution in [0.2, 0.25) is 0 Å². The number of fused-ring (bicyclic) bond motifs is 1. The predicted molar refractivity (Wildman–Crippen MR) is 137 cm³/mol. The van der Waals surface area contributed by atoms with Gasteiger partial charge < -0.3 is 24.1 Å². The minimum atomic E-state index is 0.0734. The maximum atomic E-state index is 9.80. The van der Waals surface area contributed by atoms with E-state index in [1.54, 1.807) is 6.33 Å². The van der Waals surface area contributed by atoms with Crippen LogP contribution in [-0.2, 0) is 9.47 Å². The first-order valence-corrected chi connectivity index (χ1v) is 12.3. The Morgan fingerprint density at radius 3 is 2.44 bits per heavy atom. The van der Waals surface area contributed by atoms with Crippen LogP contribution < -0.4 is 9.64 Å². The molecule has 6 rings (SSSR count). The zero-order valence-electron chi connectivity index (χ0n) is 19.9. The molecule has 1 N–H and O–H groups in total. The topological polar surface area (TPSA) is 96.3 Å². The highest BCUT2D eigenvalue weighted by Crippen LogP contribution is 2.33. The van der Waals surface area contributed by atoms with Crippen LogP contribution in [0, 0.1) is 11.3 Å². The molecule has 4 heterocycles. The van der Waals surface area contributed by atoms with Crippen LogP contribution >= 0.6 is 0 Å². The first-order chi connectivity index (χ1) is 17.8. The Labute approximate surface area is 209 Å². The highest BCUT2D eigenvalue weighted by Gasteiger charge is 2.19. The first kappa shape index (κ1) is 22.5. The Bertz CT molecular complexity index is 1400. The average Bonchev–Trinajstić information content (AvgIpc) is 3.39. The van der Waals surface area contributed by atoms with Crippen molar-refractivity contribution < 1.29 is 14.2 Å². The third kappa shape index (κ3) is 4.51. The van der Waals surface area contributed by atoms with Gasteiger partial charge in [-0.25, -0.2) is 9.97 Å². The average molecular weight is 482 g/mol. The second-order valence-electron chi connectivity index (χ2n) is 9.07. The maximum absolute atomic E-state index is 9.80. The SMILES string of the molecule is N#Cc1cc(-c2ncnc3[nH]c(-c4ccc(N5CCOCC5)cc4)cc23)ccc1OC1CCOCC1. The van der Waals surface area contributed by atoms with Gasteiger partial charge >= 0.3 is 0 Å². The predicted octanol–water partition coefficient (Wildman–Crippen LogP) is 4.56. The zero-order valence-corrected chi connectivity index (χ0v) is 19.9. The van der Waals surface area contributed by atoms with Crippen LogP contribution in [0.3, 0.4) is 0 Å². The largest absolute Gasteiger partial charge is 0.489 e. The Hall–Kier alpha value is -3.93. The summed E-state index contributed by atoms with van der Waals surface area (Å²) in [6, 6.07) is 18.6. The molecule has 0 aliphatic carbocycles. The molecule has 8 nitrogen and oxygen atoms in total. The van der Waals surface area contributed by atoms with Gasteiger partial charge in [-0.1, -0.05) is 12.1 Å². The number of H-pyrrole nitrogens is 1. The summed E-state index contributed by atoms with van der Waals surface area (Å²) in [5.41, 5.74) is 6.14. The van der Waals surface area contributed by atoms with E-state index in [9.17, 15) is 5.26 Å². The summed E-state index contributed by atoms with van der Waals surface area (Å²) in [4.78, 5) is 14.8. The van der Waals surface area contributed by atoms with Crippen molar-refractivity contribution in [2.75, 3.05) is 44.4 Å². The Morgan fingerprint density at radius 2 is 1.67 bits per heavy atom. The van der Waals surface area contributed by atoms with Crippen LogP contribution in [-0.4, -0.2) is 60.6 Å². The fourth-order valence-electron chi connectivity index (χ4n) is 4.84. The van der Waals surface area contributed by atoms with Crippen LogP contribution in [0.4, 0.5) is 5.69 Å². The second-order valence-corrected chi connectivity index (χ2v) is 9.07. The van der Waals surface area contributed by atoms with Gasteiger partial charge in [0.1, 0.15) is 29.9 Å². The molecule has 2 aromatic carbocycles. The van der Waals surface area contributed by atoms with Crippen LogP contribution in [0.5, 0.6) is 5.75 Å². The lowest BCUT2D eigenvalue weighted by Crippen LogP contribution is -2.36. The van der Waals surface area contributed by atoms with Crippen molar-refractivity contribution in [3.63, 3.8) is 0 Å². The number of nitrogens with zero attached hydrogens (tertiary/aromatic N) is 4. The van der Waals surface area contributed by atoms with Gasteiger partial charge in [-0.15, -0.1) is 0 Å². The summed E-state index contributed by atoms with van der Waals surface area (Å²) in [5.74, 6) is 0.605. The highest BCUT2D eigenvalue weighted by molar-refractivity contribution is 5.94. The summed E-state index contributed by atoms with van der Waals surface area (Å²) >= 11 is 0. The maximum Gasteiger partial charge on any atom is 0.141 e. The molecular formula is C28H27N5O3. The molecule has 4 aromatic rings. The van der Waals surface area contributed by atoms with Crippen molar-refractivity contribution in [3.05, 3.63) is 60.4 Å². The van der Waals surface area contributed by atoms with Gasteiger partial charge in [0.15, 0.2) is 0 Å². The minimum Gasteiger partial charge on any atom is -0.489 e. The fourth-order valence-corrected chi connectivity index (χ4v) is 4.84. The van der Waals surface area contributed by atoms with Crippen LogP contribution in [0.25, 0.3) is 33.5 Å². The Morgan fingerprint density at radius 1 is 0.917 bits per heavy atom. The number of nitriles is 1. The lowest BCUT2D eigenvalue weighted by molar-refractivity contribution is 0.0254. The number of ether oxygens (including phenoxy) is 3. The number of aromatic amines is 1. The molecule has 36 heavy (non-hydrogen) atoms. The summed E-state index contributed by atoms with van der Waals surface area (Å²) in [6.07, 6.45) is 3.29. The first-order valence-electron chi connectivity index (χ1n) is 12.3. The van der Waals surface area contributed by atoms with Crippen LogP contribution in [0.15, 0.2) is 54.9 Å². The fraction of sp³-hybridized carbons (Fsp3) is 0.321. The smallest absolute Gasteiger partial charge is 0.141 e. The number of rotatable bonds is 5. The highest BCUT2D eigenvalue weighted by atomic mass is 16.5. The van der Waals surface area contributed by atoms with Gasteiger partial charge in [0.05, 0.1) is 37.7 Å². The van der Waals surface area contributed by atoms with E-state index in [4.69, 9.17) is 14.2 Å². The molecule has 0 radical (unpaired) electrons. The third-order valence-corrected chi connectivity index (χ3v) is 6.82. The van der Waals surface area contributed by atoms with Crippen molar-refractivity contribution in [1.82, 2.24) is 15.0 Å². The number of hydrogen-bond donors (Lipinski definition) is 1. The van der Waals surface area contributed by atoms with Crippen molar-refractivity contribution in [1.29, 1.82) is 5.26 Å². The molecule has 2 saturated heterocycles.